The standard InChI is InChI=1S/C16H16F2O/c1-9-6-10(2)8-12(7-9)16(19)14-13(17)5-4-11(3)15(14)18/h4-8,16,19H,1-3H3. The Labute approximate surface area is 111 Å². The SMILES string of the molecule is Cc1cc(C)cc(C(O)c2c(F)ccc(C)c2F)c1. The lowest BCUT2D eigenvalue weighted by Crippen LogP contribution is -2.07. The summed E-state index contributed by atoms with van der Waals surface area (Å²) in [4.78, 5) is 0. The van der Waals surface area contributed by atoms with E-state index in [0.717, 1.165) is 11.1 Å². The van der Waals surface area contributed by atoms with Crippen LogP contribution in [0.15, 0.2) is 30.3 Å². The van der Waals surface area contributed by atoms with Crippen LogP contribution in [0.4, 0.5) is 8.78 Å². The number of aryl methyl sites for hydroxylation is 3. The zero-order valence-electron chi connectivity index (χ0n) is 11.2. The summed E-state index contributed by atoms with van der Waals surface area (Å²) >= 11 is 0. The zero-order chi connectivity index (χ0) is 14.2. The predicted molar refractivity (Wildman–Crippen MR) is 71.1 cm³/mol. The Morgan fingerprint density at radius 2 is 1.53 bits per heavy atom. The van der Waals surface area contributed by atoms with Crippen LogP contribution in [0.2, 0.25) is 0 Å². The largest absolute Gasteiger partial charge is 0.383 e. The smallest absolute Gasteiger partial charge is 0.135 e. The highest BCUT2D eigenvalue weighted by atomic mass is 19.1. The first-order valence-corrected chi connectivity index (χ1v) is 6.11. The fourth-order valence-electron chi connectivity index (χ4n) is 2.26. The summed E-state index contributed by atoms with van der Waals surface area (Å²) in [5.74, 6) is -1.42. The molecule has 0 aliphatic carbocycles. The van der Waals surface area contributed by atoms with E-state index in [-0.39, 0.29) is 5.56 Å². The third kappa shape index (κ3) is 2.66. The summed E-state index contributed by atoms with van der Waals surface area (Å²) < 4.78 is 27.8. The van der Waals surface area contributed by atoms with Crippen LogP contribution in [0.5, 0.6) is 0 Å². The third-order valence-electron chi connectivity index (χ3n) is 3.15. The molecule has 0 heterocycles. The molecule has 0 amide bonds. The van der Waals surface area contributed by atoms with Crippen molar-refractivity contribution in [3.63, 3.8) is 0 Å². The predicted octanol–water partition coefficient (Wildman–Crippen LogP) is 3.97. The summed E-state index contributed by atoms with van der Waals surface area (Å²) in [5, 5.41) is 10.2. The molecule has 2 aromatic rings. The van der Waals surface area contributed by atoms with Crippen LogP contribution in [0, 0.1) is 32.4 Å². The van der Waals surface area contributed by atoms with Crippen molar-refractivity contribution in [2.45, 2.75) is 26.9 Å². The molecule has 3 heteroatoms. The van der Waals surface area contributed by atoms with Gasteiger partial charge in [0, 0.05) is 0 Å². The van der Waals surface area contributed by atoms with Crippen LogP contribution in [-0.2, 0) is 0 Å². The summed E-state index contributed by atoms with van der Waals surface area (Å²) in [6.07, 6.45) is -1.29. The Morgan fingerprint density at radius 3 is 2.11 bits per heavy atom. The summed E-state index contributed by atoms with van der Waals surface area (Å²) in [7, 11) is 0. The molecule has 0 saturated heterocycles. The van der Waals surface area contributed by atoms with E-state index in [1.165, 1.54) is 12.1 Å². The second kappa shape index (κ2) is 5.10. The monoisotopic (exact) mass is 262 g/mol. The minimum absolute atomic E-state index is 0.287. The second-order valence-corrected chi connectivity index (χ2v) is 4.92. The van der Waals surface area contributed by atoms with Crippen molar-refractivity contribution in [2.24, 2.45) is 0 Å². The van der Waals surface area contributed by atoms with E-state index in [0.29, 0.717) is 11.1 Å². The molecule has 0 aromatic heterocycles. The Hall–Kier alpha value is -1.74. The van der Waals surface area contributed by atoms with Crippen molar-refractivity contribution >= 4 is 0 Å². The van der Waals surface area contributed by atoms with Gasteiger partial charge in [0.1, 0.15) is 17.7 Å². The Kier molecular flexibility index (Phi) is 3.67. The molecule has 0 bridgehead atoms. The average Bonchev–Trinajstić information content (AvgIpc) is 2.33. The first kappa shape index (κ1) is 13.7. The van der Waals surface area contributed by atoms with E-state index >= 15 is 0 Å². The summed E-state index contributed by atoms with van der Waals surface area (Å²) in [5.41, 5.74) is 2.43. The molecule has 2 rings (SSSR count). The molecular formula is C16H16F2O. The minimum atomic E-state index is -1.29. The molecule has 1 nitrogen and oxygen atoms in total. The highest BCUT2D eigenvalue weighted by Crippen LogP contribution is 2.29. The van der Waals surface area contributed by atoms with Crippen LogP contribution < -0.4 is 0 Å². The molecule has 19 heavy (non-hydrogen) atoms. The maximum Gasteiger partial charge on any atom is 0.135 e. The van der Waals surface area contributed by atoms with E-state index in [1.807, 2.05) is 19.9 Å². The van der Waals surface area contributed by atoms with E-state index in [2.05, 4.69) is 0 Å². The van der Waals surface area contributed by atoms with Gasteiger partial charge in [-0.2, -0.15) is 0 Å². The van der Waals surface area contributed by atoms with Gasteiger partial charge in [-0.25, -0.2) is 8.78 Å². The van der Waals surface area contributed by atoms with Crippen molar-refractivity contribution in [2.75, 3.05) is 0 Å². The zero-order valence-corrected chi connectivity index (χ0v) is 11.2. The van der Waals surface area contributed by atoms with Crippen molar-refractivity contribution in [3.8, 4) is 0 Å². The normalized spacial score (nSPS) is 12.5. The number of benzene rings is 2. The van der Waals surface area contributed by atoms with Gasteiger partial charge in [0.05, 0.1) is 5.56 Å². The van der Waals surface area contributed by atoms with Crippen LogP contribution in [0.3, 0.4) is 0 Å². The molecule has 2 aromatic carbocycles. The summed E-state index contributed by atoms with van der Waals surface area (Å²) in [6, 6.07) is 7.96. The third-order valence-corrected chi connectivity index (χ3v) is 3.15. The van der Waals surface area contributed by atoms with Crippen molar-refractivity contribution in [1.82, 2.24) is 0 Å². The molecule has 0 aliphatic heterocycles. The van der Waals surface area contributed by atoms with Crippen LogP contribution >= 0.6 is 0 Å². The number of rotatable bonds is 2. The molecule has 0 aliphatic rings. The van der Waals surface area contributed by atoms with Gasteiger partial charge in [0.25, 0.3) is 0 Å². The van der Waals surface area contributed by atoms with Gasteiger partial charge in [0.2, 0.25) is 0 Å². The lowest BCUT2D eigenvalue weighted by Gasteiger charge is -2.16. The number of hydrogen-bond donors (Lipinski definition) is 1. The van der Waals surface area contributed by atoms with E-state index in [4.69, 9.17) is 0 Å². The number of aliphatic hydroxyl groups excluding tert-OH is 1. The number of halogens is 2. The van der Waals surface area contributed by atoms with Crippen molar-refractivity contribution < 1.29 is 13.9 Å². The van der Waals surface area contributed by atoms with Gasteiger partial charge in [-0.3, -0.25) is 0 Å². The molecule has 0 saturated carbocycles. The Bertz CT molecular complexity index is 600. The average molecular weight is 262 g/mol. The fourth-order valence-corrected chi connectivity index (χ4v) is 2.26. The lowest BCUT2D eigenvalue weighted by molar-refractivity contribution is 0.208. The van der Waals surface area contributed by atoms with Crippen LogP contribution in [-0.4, -0.2) is 5.11 Å². The quantitative estimate of drug-likeness (QED) is 0.868. The maximum atomic E-state index is 14.0. The molecule has 1 unspecified atom stereocenters. The van der Waals surface area contributed by atoms with Gasteiger partial charge in [-0.05, 0) is 38.0 Å². The molecule has 1 atom stereocenters. The lowest BCUT2D eigenvalue weighted by atomic mass is 9.96. The van der Waals surface area contributed by atoms with Crippen LogP contribution in [0.1, 0.15) is 33.9 Å². The molecular weight excluding hydrogens is 246 g/mol. The Balaban J connectivity index is 2.55. The Morgan fingerprint density at radius 1 is 0.947 bits per heavy atom. The topological polar surface area (TPSA) is 20.2 Å². The van der Waals surface area contributed by atoms with Crippen molar-refractivity contribution in [3.05, 3.63) is 69.8 Å². The van der Waals surface area contributed by atoms with Gasteiger partial charge in [-0.1, -0.05) is 35.4 Å². The van der Waals surface area contributed by atoms with Crippen molar-refractivity contribution in [1.29, 1.82) is 0 Å². The van der Waals surface area contributed by atoms with Gasteiger partial charge in [0.15, 0.2) is 0 Å². The first-order valence-electron chi connectivity index (χ1n) is 6.11. The molecule has 1 N–H and O–H groups in total. The molecule has 0 fully saturated rings. The number of aliphatic hydroxyl groups is 1. The highest BCUT2D eigenvalue weighted by Gasteiger charge is 2.21. The highest BCUT2D eigenvalue weighted by molar-refractivity contribution is 5.38. The van der Waals surface area contributed by atoms with Gasteiger partial charge >= 0.3 is 0 Å². The van der Waals surface area contributed by atoms with E-state index < -0.39 is 17.7 Å². The van der Waals surface area contributed by atoms with Gasteiger partial charge < -0.3 is 5.11 Å². The maximum absolute atomic E-state index is 14.0. The minimum Gasteiger partial charge on any atom is -0.383 e. The first-order chi connectivity index (χ1) is 8.90. The molecule has 0 spiro atoms. The number of hydrogen-bond acceptors (Lipinski definition) is 1. The van der Waals surface area contributed by atoms with E-state index in [1.54, 1.807) is 19.1 Å². The second-order valence-electron chi connectivity index (χ2n) is 4.92. The van der Waals surface area contributed by atoms with Crippen LogP contribution in [0.25, 0.3) is 0 Å². The molecule has 0 radical (unpaired) electrons. The van der Waals surface area contributed by atoms with Gasteiger partial charge in [-0.15, -0.1) is 0 Å². The fraction of sp³-hybridized carbons (Fsp3) is 0.250. The summed E-state index contributed by atoms with van der Waals surface area (Å²) in [6.45, 7) is 5.31. The van der Waals surface area contributed by atoms with E-state index in [9.17, 15) is 13.9 Å². The molecule has 100 valence electrons.